The average molecular weight is 236 g/mol. The van der Waals surface area contributed by atoms with E-state index in [2.05, 4.69) is 5.92 Å². The predicted molar refractivity (Wildman–Crippen MR) is 72.7 cm³/mol. The number of para-hydroxylation sites is 1. The van der Waals surface area contributed by atoms with Crippen LogP contribution >= 0.6 is 0 Å². The number of nitrogens with two attached hydrogens (primary N) is 2. The first-order chi connectivity index (χ1) is 8.65. The maximum Gasteiger partial charge on any atom is 0.250 e. The van der Waals surface area contributed by atoms with Gasteiger partial charge in [0.15, 0.2) is 0 Å². The molecule has 3 heteroatoms. The fraction of sp³-hybridized carbons (Fsp3) is 0. The minimum Gasteiger partial charge on any atom is -0.398 e. The highest BCUT2D eigenvalue weighted by Crippen LogP contribution is 2.30. The zero-order chi connectivity index (χ0) is 13.1. The van der Waals surface area contributed by atoms with Gasteiger partial charge in [0.2, 0.25) is 0 Å². The molecule has 0 saturated carbocycles. The van der Waals surface area contributed by atoms with Crippen LogP contribution in [-0.2, 0) is 0 Å². The molecule has 1 amide bonds. The van der Waals surface area contributed by atoms with Crippen molar-refractivity contribution in [2.75, 3.05) is 5.73 Å². The van der Waals surface area contributed by atoms with Gasteiger partial charge in [-0.25, -0.2) is 0 Å². The Balaban J connectivity index is 2.69. The first-order valence-electron chi connectivity index (χ1n) is 5.39. The van der Waals surface area contributed by atoms with Crippen molar-refractivity contribution in [3.63, 3.8) is 0 Å². The largest absolute Gasteiger partial charge is 0.398 e. The van der Waals surface area contributed by atoms with Gasteiger partial charge in [0.25, 0.3) is 5.91 Å². The summed E-state index contributed by atoms with van der Waals surface area (Å²) >= 11 is 0. The van der Waals surface area contributed by atoms with Crippen molar-refractivity contribution in [2.45, 2.75) is 0 Å². The van der Waals surface area contributed by atoms with Crippen LogP contribution in [0, 0.1) is 12.3 Å². The third kappa shape index (κ3) is 1.92. The molecule has 2 rings (SSSR count). The first-order valence-corrected chi connectivity index (χ1v) is 5.39. The standard InChI is InChI=1S/C15H12N2O/c1-2-10-6-3-4-7-11(10)12-8-5-9-13(14(12)16)15(17)18/h1,3-9H,16H2,(H2,17,18). The smallest absolute Gasteiger partial charge is 0.250 e. The van der Waals surface area contributed by atoms with Crippen molar-refractivity contribution < 1.29 is 4.79 Å². The highest BCUT2D eigenvalue weighted by Gasteiger charge is 2.12. The lowest BCUT2D eigenvalue weighted by atomic mass is 9.96. The van der Waals surface area contributed by atoms with Crippen LogP contribution in [-0.4, -0.2) is 5.91 Å². The molecule has 88 valence electrons. The lowest BCUT2D eigenvalue weighted by Crippen LogP contribution is -2.13. The molecule has 0 saturated heterocycles. The van der Waals surface area contributed by atoms with Crippen LogP contribution in [0.1, 0.15) is 15.9 Å². The Bertz CT molecular complexity index is 654. The Morgan fingerprint density at radius 2 is 1.72 bits per heavy atom. The molecule has 3 nitrogen and oxygen atoms in total. The molecule has 0 heterocycles. The minimum absolute atomic E-state index is 0.305. The van der Waals surface area contributed by atoms with Crippen LogP contribution in [0.2, 0.25) is 0 Å². The van der Waals surface area contributed by atoms with E-state index in [-0.39, 0.29) is 0 Å². The van der Waals surface area contributed by atoms with E-state index in [1.807, 2.05) is 30.3 Å². The lowest BCUT2D eigenvalue weighted by molar-refractivity contribution is 0.100. The number of hydrogen-bond acceptors (Lipinski definition) is 2. The molecule has 4 N–H and O–H groups in total. The van der Waals surface area contributed by atoms with Crippen LogP contribution in [0.3, 0.4) is 0 Å². The molecule has 0 bridgehead atoms. The zero-order valence-corrected chi connectivity index (χ0v) is 9.68. The average Bonchev–Trinajstić information content (AvgIpc) is 2.38. The van der Waals surface area contributed by atoms with Crippen LogP contribution in [0.5, 0.6) is 0 Å². The summed E-state index contributed by atoms with van der Waals surface area (Å²) in [6, 6.07) is 12.6. The molecule has 2 aromatic rings. The normalized spacial score (nSPS) is 9.72. The summed E-state index contributed by atoms with van der Waals surface area (Å²) in [5.41, 5.74) is 14.2. The van der Waals surface area contributed by atoms with Crippen molar-refractivity contribution in [3.05, 3.63) is 53.6 Å². The van der Waals surface area contributed by atoms with Crippen LogP contribution in [0.4, 0.5) is 5.69 Å². The van der Waals surface area contributed by atoms with E-state index in [1.165, 1.54) is 0 Å². The molecular weight excluding hydrogens is 224 g/mol. The van der Waals surface area contributed by atoms with Crippen LogP contribution < -0.4 is 11.5 Å². The number of carbonyl (C=O) groups is 1. The molecule has 0 unspecified atom stereocenters. The molecule has 0 aliphatic rings. The molecule has 0 atom stereocenters. The summed E-state index contributed by atoms with van der Waals surface area (Å²) in [7, 11) is 0. The van der Waals surface area contributed by atoms with E-state index >= 15 is 0 Å². The van der Waals surface area contributed by atoms with Crippen molar-refractivity contribution in [1.29, 1.82) is 0 Å². The van der Waals surface area contributed by atoms with Gasteiger partial charge in [0.1, 0.15) is 0 Å². The third-order valence-electron chi connectivity index (χ3n) is 2.74. The van der Waals surface area contributed by atoms with Gasteiger partial charge in [-0.3, -0.25) is 4.79 Å². The Labute approximate surface area is 105 Å². The van der Waals surface area contributed by atoms with Gasteiger partial charge >= 0.3 is 0 Å². The van der Waals surface area contributed by atoms with Gasteiger partial charge in [-0.05, 0) is 17.7 Å². The van der Waals surface area contributed by atoms with E-state index in [9.17, 15) is 4.79 Å². The molecule has 0 radical (unpaired) electrons. The predicted octanol–water partition coefficient (Wildman–Crippen LogP) is 2.02. The third-order valence-corrected chi connectivity index (χ3v) is 2.74. The monoisotopic (exact) mass is 236 g/mol. The molecular formula is C15H12N2O. The van der Waals surface area contributed by atoms with Gasteiger partial charge in [0, 0.05) is 11.1 Å². The second kappa shape index (κ2) is 4.64. The van der Waals surface area contributed by atoms with E-state index in [4.69, 9.17) is 17.9 Å². The molecule has 0 fully saturated rings. The highest BCUT2D eigenvalue weighted by atomic mass is 16.1. The molecule has 0 aliphatic carbocycles. The summed E-state index contributed by atoms with van der Waals surface area (Å²) in [6.07, 6.45) is 5.45. The number of carbonyl (C=O) groups excluding carboxylic acids is 1. The maximum atomic E-state index is 11.3. The Morgan fingerprint density at radius 3 is 2.39 bits per heavy atom. The Hall–Kier alpha value is -2.73. The minimum atomic E-state index is -0.549. The van der Waals surface area contributed by atoms with Crippen molar-refractivity contribution in [3.8, 4) is 23.5 Å². The maximum absolute atomic E-state index is 11.3. The fourth-order valence-electron chi connectivity index (χ4n) is 1.86. The zero-order valence-electron chi connectivity index (χ0n) is 9.68. The first kappa shape index (κ1) is 11.7. The molecule has 18 heavy (non-hydrogen) atoms. The molecule has 0 aliphatic heterocycles. The van der Waals surface area contributed by atoms with E-state index in [0.29, 0.717) is 11.3 Å². The lowest BCUT2D eigenvalue weighted by Gasteiger charge is -2.10. The quantitative estimate of drug-likeness (QED) is 0.618. The topological polar surface area (TPSA) is 69.1 Å². The summed E-state index contributed by atoms with van der Waals surface area (Å²) in [5, 5.41) is 0. The molecule has 2 aromatic carbocycles. The summed E-state index contributed by atoms with van der Waals surface area (Å²) in [4.78, 5) is 11.3. The Kier molecular flexibility index (Phi) is 3.03. The van der Waals surface area contributed by atoms with Gasteiger partial charge in [0.05, 0.1) is 11.3 Å². The summed E-state index contributed by atoms with van der Waals surface area (Å²) in [6.45, 7) is 0. The molecule has 0 spiro atoms. The number of nitrogen functional groups attached to an aromatic ring is 1. The number of terminal acetylenes is 1. The second-order valence-electron chi connectivity index (χ2n) is 3.82. The highest BCUT2D eigenvalue weighted by molar-refractivity contribution is 6.01. The summed E-state index contributed by atoms with van der Waals surface area (Å²) in [5.74, 6) is 2.05. The van der Waals surface area contributed by atoms with E-state index < -0.39 is 5.91 Å². The fourth-order valence-corrected chi connectivity index (χ4v) is 1.86. The van der Waals surface area contributed by atoms with Crippen molar-refractivity contribution in [2.24, 2.45) is 5.73 Å². The Morgan fingerprint density at radius 1 is 1.06 bits per heavy atom. The number of anilines is 1. The molecule has 0 aromatic heterocycles. The number of hydrogen-bond donors (Lipinski definition) is 2. The van der Waals surface area contributed by atoms with E-state index in [1.54, 1.807) is 12.1 Å². The van der Waals surface area contributed by atoms with Crippen molar-refractivity contribution in [1.82, 2.24) is 0 Å². The van der Waals surface area contributed by atoms with Crippen LogP contribution in [0.15, 0.2) is 42.5 Å². The SMILES string of the molecule is C#Cc1ccccc1-c1cccc(C(N)=O)c1N. The van der Waals surface area contributed by atoms with Crippen molar-refractivity contribution >= 4 is 11.6 Å². The number of benzene rings is 2. The number of rotatable bonds is 2. The van der Waals surface area contributed by atoms with Crippen LogP contribution in [0.25, 0.3) is 11.1 Å². The van der Waals surface area contributed by atoms with E-state index in [0.717, 1.165) is 16.7 Å². The number of amides is 1. The van der Waals surface area contributed by atoms with Gasteiger partial charge in [-0.15, -0.1) is 6.42 Å². The number of primary amides is 1. The van der Waals surface area contributed by atoms with Gasteiger partial charge < -0.3 is 11.5 Å². The second-order valence-corrected chi connectivity index (χ2v) is 3.82. The summed E-state index contributed by atoms with van der Waals surface area (Å²) < 4.78 is 0. The van der Waals surface area contributed by atoms with Gasteiger partial charge in [-0.2, -0.15) is 0 Å². The van der Waals surface area contributed by atoms with Gasteiger partial charge in [-0.1, -0.05) is 36.3 Å².